The molecule has 0 aromatic heterocycles. The summed E-state index contributed by atoms with van der Waals surface area (Å²) in [5, 5.41) is 14.4. The Hall–Kier alpha value is -2.06. The summed E-state index contributed by atoms with van der Waals surface area (Å²) in [4.78, 5) is 13.5. The molecule has 1 saturated heterocycles. The lowest BCUT2D eigenvalue weighted by Gasteiger charge is -2.29. The quantitative estimate of drug-likeness (QED) is 0.830. The molecule has 2 N–H and O–H groups in total. The SMILES string of the molecule is N#CCC(=O)Nc1ccc(N2CCNCC2)cc1. The number of rotatable bonds is 3. The Labute approximate surface area is 106 Å². The molecule has 5 nitrogen and oxygen atoms in total. The molecule has 0 spiro atoms. The number of carbonyl (C=O) groups excluding carboxylic acids is 1. The lowest BCUT2D eigenvalue weighted by molar-refractivity contribution is -0.115. The topological polar surface area (TPSA) is 68.2 Å². The molecule has 1 amide bonds. The van der Waals surface area contributed by atoms with E-state index in [1.165, 1.54) is 0 Å². The van der Waals surface area contributed by atoms with Gasteiger partial charge in [-0.2, -0.15) is 5.26 Å². The second-order valence-electron chi connectivity index (χ2n) is 4.17. The predicted molar refractivity (Wildman–Crippen MR) is 70.4 cm³/mol. The Balaban J connectivity index is 1.96. The van der Waals surface area contributed by atoms with Gasteiger partial charge in [0.05, 0.1) is 6.07 Å². The average Bonchev–Trinajstić information content (AvgIpc) is 2.41. The van der Waals surface area contributed by atoms with Crippen LogP contribution in [0.3, 0.4) is 0 Å². The smallest absolute Gasteiger partial charge is 0.238 e. The van der Waals surface area contributed by atoms with Gasteiger partial charge < -0.3 is 15.5 Å². The highest BCUT2D eigenvalue weighted by Crippen LogP contribution is 2.18. The van der Waals surface area contributed by atoms with Crippen molar-refractivity contribution in [2.24, 2.45) is 0 Å². The van der Waals surface area contributed by atoms with Crippen LogP contribution in [-0.2, 0) is 4.79 Å². The summed E-state index contributed by atoms with van der Waals surface area (Å²) < 4.78 is 0. The van der Waals surface area contributed by atoms with Crippen LogP contribution < -0.4 is 15.5 Å². The molecule has 0 unspecified atom stereocenters. The minimum atomic E-state index is -0.271. The maximum Gasteiger partial charge on any atom is 0.238 e. The third kappa shape index (κ3) is 3.22. The lowest BCUT2D eigenvalue weighted by atomic mass is 10.2. The molecule has 18 heavy (non-hydrogen) atoms. The fourth-order valence-electron chi connectivity index (χ4n) is 1.96. The van der Waals surface area contributed by atoms with E-state index in [-0.39, 0.29) is 12.3 Å². The molecule has 94 valence electrons. The number of benzene rings is 1. The third-order valence-corrected chi connectivity index (χ3v) is 2.87. The summed E-state index contributed by atoms with van der Waals surface area (Å²) in [6.45, 7) is 4.00. The van der Waals surface area contributed by atoms with Gasteiger partial charge in [-0.25, -0.2) is 0 Å². The summed E-state index contributed by atoms with van der Waals surface area (Å²) in [5.41, 5.74) is 1.89. The van der Waals surface area contributed by atoms with Gasteiger partial charge in [0.15, 0.2) is 0 Å². The molecule has 1 aliphatic rings. The van der Waals surface area contributed by atoms with Gasteiger partial charge in [-0.1, -0.05) is 0 Å². The van der Waals surface area contributed by atoms with Crippen molar-refractivity contribution in [3.05, 3.63) is 24.3 Å². The minimum absolute atomic E-state index is 0.112. The molecule has 1 fully saturated rings. The number of piperazine rings is 1. The molecule has 1 aromatic carbocycles. The van der Waals surface area contributed by atoms with E-state index in [9.17, 15) is 4.79 Å². The zero-order chi connectivity index (χ0) is 12.8. The van der Waals surface area contributed by atoms with Gasteiger partial charge >= 0.3 is 0 Å². The van der Waals surface area contributed by atoms with Crippen LogP contribution in [0.1, 0.15) is 6.42 Å². The van der Waals surface area contributed by atoms with Crippen LogP contribution in [0.25, 0.3) is 0 Å². The molecular weight excluding hydrogens is 228 g/mol. The maximum atomic E-state index is 11.2. The molecule has 1 aromatic rings. The molecule has 0 aliphatic carbocycles. The highest BCUT2D eigenvalue weighted by atomic mass is 16.1. The summed E-state index contributed by atoms with van der Waals surface area (Å²) in [6, 6.07) is 9.55. The van der Waals surface area contributed by atoms with Crippen molar-refractivity contribution in [3.8, 4) is 6.07 Å². The summed E-state index contributed by atoms with van der Waals surface area (Å²) in [5.74, 6) is -0.271. The second-order valence-corrected chi connectivity index (χ2v) is 4.17. The Kier molecular flexibility index (Phi) is 4.15. The number of nitriles is 1. The Morgan fingerprint density at radius 1 is 1.33 bits per heavy atom. The molecule has 5 heteroatoms. The van der Waals surface area contributed by atoms with Gasteiger partial charge in [-0.05, 0) is 24.3 Å². The third-order valence-electron chi connectivity index (χ3n) is 2.87. The predicted octanol–water partition coefficient (Wildman–Crippen LogP) is 0.948. The van der Waals surface area contributed by atoms with Crippen molar-refractivity contribution in [3.63, 3.8) is 0 Å². The minimum Gasteiger partial charge on any atom is -0.369 e. The van der Waals surface area contributed by atoms with E-state index in [2.05, 4.69) is 15.5 Å². The van der Waals surface area contributed by atoms with E-state index < -0.39 is 0 Å². The molecule has 1 aliphatic heterocycles. The fourth-order valence-corrected chi connectivity index (χ4v) is 1.96. The molecule has 0 bridgehead atoms. The standard InChI is InChI=1S/C13H16N4O/c14-6-5-13(18)16-11-1-3-12(4-2-11)17-9-7-15-8-10-17/h1-4,15H,5,7-10H2,(H,16,18). The zero-order valence-electron chi connectivity index (χ0n) is 10.1. The average molecular weight is 244 g/mol. The highest BCUT2D eigenvalue weighted by molar-refractivity contribution is 5.92. The van der Waals surface area contributed by atoms with Crippen LogP contribution in [-0.4, -0.2) is 32.1 Å². The van der Waals surface area contributed by atoms with Gasteiger partial charge in [0.2, 0.25) is 5.91 Å². The van der Waals surface area contributed by atoms with E-state index in [4.69, 9.17) is 5.26 Å². The van der Waals surface area contributed by atoms with Gasteiger partial charge in [0.25, 0.3) is 0 Å². The first-order valence-corrected chi connectivity index (χ1v) is 6.02. The first-order valence-electron chi connectivity index (χ1n) is 6.02. The fraction of sp³-hybridized carbons (Fsp3) is 0.385. The van der Waals surface area contributed by atoms with Gasteiger partial charge in [-0.15, -0.1) is 0 Å². The van der Waals surface area contributed by atoms with Crippen LogP contribution in [0.2, 0.25) is 0 Å². The molecule has 0 radical (unpaired) electrons. The lowest BCUT2D eigenvalue weighted by Crippen LogP contribution is -2.43. The van der Waals surface area contributed by atoms with Crippen LogP contribution in [0.15, 0.2) is 24.3 Å². The van der Waals surface area contributed by atoms with E-state index >= 15 is 0 Å². The van der Waals surface area contributed by atoms with Crippen molar-refractivity contribution in [1.82, 2.24) is 5.32 Å². The van der Waals surface area contributed by atoms with Crippen molar-refractivity contribution in [1.29, 1.82) is 5.26 Å². The number of nitrogens with zero attached hydrogens (tertiary/aromatic N) is 2. The van der Waals surface area contributed by atoms with Gasteiger partial charge in [0, 0.05) is 37.6 Å². The molecule has 2 rings (SSSR count). The zero-order valence-corrected chi connectivity index (χ0v) is 10.1. The number of hydrogen-bond acceptors (Lipinski definition) is 4. The number of amides is 1. The number of anilines is 2. The van der Waals surface area contributed by atoms with Crippen molar-refractivity contribution in [2.45, 2.75) is 6.42 Å². The van der Waals surface area contributed by atoms with Gasteiger partial charge in [-0.3, -0.25) is 4.79 Å². The van der Waals surface area contributed by atoms with E-state index in [0.717, 1.165) is 37.6 Å². The maximum absolute atomic E-state index is 11.2. The molecule has 1 heterocycles. The van der Waals surface area contributed by atoms with Crippen molar-refractivity contribution >= 4 is 17.3 Å². The Morgan fingerprint density at radius 3 is 2.61 bits per heavy atom. The van der Waals surface area contributed by atoms with Crippen LogP contribution in [0.5, 0.6) is 0 Å². The van der Waals surface area contributed by atoms with Crippen LogP contribution in [0.4, 0.5) is 11.4 Å². The first kappa shape index (κ1) is 12.4. The van der Waals surface area contributed by atoms with Gasteiger partial charge in [0.1, 0.15) is 6.42 Å². The van der Waals surface area contributed by atoms with E-state index in [1.807, 2.05) is 30.3 Å². The van der Waals surface area contributed by atoms with E-state index in [0.29, 0.717) is 0 Å². The normalized spacial score (nSPS) is 14.9. The highest BCUT2D eigenvalue weighted by Gasteiger charge is 2.10. The Morgan fingerprint density at radius 2 is 2.00 bits per heavy atom. The van der Waals surface area contributed by atoms with E-state index in [1.54, 1.807) is 0 Å². The largest absolute Gasteiger partial charge is 0.369 e. The summed E-state index contributed by atoms with van der Waals surface area (Å²) >= 11 is 0. The summed E-state index contributed by atoms with van der Waals surface area (Å²) in [6.07, 6.45) is -0.112. The number of carbonyl (C=O) groups is 1. The summed E-state index contributed by atoms with van der Waals surface area (Å²) in [7, 11) is 0. The molecular formula is C13H16N4O. The van der Waals surface area contributed by atoms with Crippen LogP contribution >= 0.6 is 0 Å². The second kappa shape index (κ2) is 6.03. The Bertz CT molecular complexity index is 443. The molecule has 0 atom stereocenters. The first-order chi connectivity index (χ1) is 8.79. The van der Waals surface area contributed by atoms with Crippen molar-refractivity contribution < 1.29 is 4.79 Å². The van der Waals surface area contributed by atoms with Crippen molar-refractivity contribution in [2.75, 3.05) is 36.4 Å². The monoisotopic (exact) mass is 244 g/mol. The molecule has 0 saturated carbocycles. The number of nitrogens with one attached hydrogen (secondary N) is 2. The number of hydrogen-bond donors (Lipinski definition) is 2. The van der Waals surface area contributed by atoms with Crippen LogP contribution in [0, 0.1) is 11.3 Å².